The number of rotatable bonds is 6. The van der Waals surface area contributed by atoms with Crippen molar-refractivity contribution in [3.05, 3.63) is 42.2 Å². The van der Waals surface area contributed by atoms with Gasteiger partial charge in [-0.1, -0.05) is 30.3 Å². The largest absolute Gasteiger partial charge is 0.376 e. The van der Waals surface area contributed by atoms with Crippen LogP contribution in [0.15, 0.2) is 36.5 Å². The SMILES string of the molecule is O=C(COC[C@@H]1CCCO1)N1CCC(c2[nH]ncc2-c2ccccc2)CC1. The summed E-state index contributed by atoms with van der Waals surface area (Å²) in [4.78, 5) is 14.3. The minimum Gasteiger partial charge on any atom is -0.376 e. The number of aromatic nitrogens is 2. The van der Waals surface area contributed by atoms with Crippen LogP contribution in [0, 0.1) is 0 Å². The summed E-state index contributed by atoms with van der Waals surface area (Å²) in [7, 11) is 0. The molecule has 3 heterocycles. The number of amides is 1. The summed E-state index contributed by atoms with van der Waals surface area (Å²) in [5.41, 5.74) is 3.53. The van der Waals surface area contributed by atoms with Crippen LogP contribution in [0.2, 0.25) is 0 Å². The maximum absolute atomic E-state index is 12.4. The van der Waals surface area contributed by atoms with Crippen LogP contribution in [0.25, 0.3) is 11.1 Å². The Balaban J connectivity index is 1.28. The predicted octanol–water partition coefficient (Wildman–Crippen LogP) is 2.98. The average molecular weight is 369 g/mol. The van der Waals surface area contributed by atoms with E-state index in [9.17, 15) is 4.79 Å². The van der Waals surface area contributed by atoms with Gasteiger partial charge in [0.05, 0.1) is 18.9 Å². The van der Waals surface area contributed by atoms with Crippen LogP contribution in [0.1, 0.15) is 37.3 Å². The van der Waals surface area contributed by atoms with E-state index in [4.69, 9.17) is 9.47 Å². The van der Waals surface area contributed by atoms with Gasteiger partial charge in [-0.3, -0.25) is 9.89 Å². The lowest BCUT2D eigenvalue weighted by Crippen LogP contribution is -2.40. The summed E-state index contributed by atoms with van der Waals surface area (Å²) in [6.45, 7) is 3.02. The quantitative estimate of drug-likeness (QED) is 0.850. The van der Waals surface area contributed by atoms with Gasteiger partial charge in [-0.2, -0.15) is 5.10 Å². The van der Waals surface area contributed by atoms with E-state index in [1.807, 2.05) is 29.3 Å². The molecule has 6 heteroatoms. The molecule has 4 rings (SSSR count). The van der Waals surface area contributed by atoms with Crippen molar-refractivity contribution < 1.29 is 14.3 Å². The third-order valence-corrected chi connectivity index (χ3v) is 5.56. The highest BCUT2D eigenvalue weighted by Crippen LogP contribution is 2.33. The van der Waals surface area contributed by atoms with E-state index >= 15 is 0 Å². The van der Waals surface area contributed by atoms with Crippen molar-refractivity contribution in [2.24, 2.45) is 0 Å². The smallest absolute Gasteiger partial charge is 0.248 e. The first-order valence-corrected chi connectivity index (χ1v) is 9.87. The molecule has 0 aliphatic carbocycles. The van der Waals surface area contributed by atoms with E-state index in [0.717, 1.165) is 45.4 Å². The fourth-order valence-electron chi connectivity index (χ4n) is 4.02. The number of aromatic amines is 1. The van der Waals surface area contributed by atoms with Gasteiger partial charge in [0.15, 0.2) is 0 Å². The van der Waals surface area contributed by atoms with Gasteiger partial charge in [-0.25, -0.2) is 0 Å². The Morgan fingerprint density at radius 3 is 2.78 bits per heavy atom. The molecule has 144 valence electrons. The van der Waals surface area contributed by atoms with Gasteiger partial charge >= 0.3 is 0 Å². The predicted molar refractivity (Wildman–Crippen MR) is 102 cm³/mol. The Hall–Kier alpha value is -2.18. The van der Waals surface area contributed by atoms with Crippen LogP contribution in [0.4, 0.5) is 0 Å². The molecule has 0 unspecified atom stereocenters. The fraction of sp³-hybridized carbons (Fsp3) is 0.524. The molecule has 2 saturated heterocycles. The minimum absolute atomic E-state index is 0.0827. The molecular formula is C21H27N3O3. The second kappa shape index (κ2) is 8.67. The number of hydrogen-bond donors (Lipinski definition) is 1. The van der Waals surface area contributed by atoms with E-state index in [1.54, 1.807) is 0 Å². The number of nitrogens with one attached hydrogen (secondary N) is 1. The second-order valence-electron chi connectivity index (χ2n) is 7.37. The fourth-order valence-corrected chi connectivity index (χ4v) is 4.02. The number of carbonyl (C=O) groups excluding carboxylic acids is 1. The summed E-state index contributed by atoms with van der Waals surface area (Å²) in [6, 6.07) is 10.3. The summed E-state index contributed by atoms with van der Waals surface area (Å²) in [5.74, 6) is 0.485. The molecule has 1 amide bonds. The summed E-state index contributed by atoms with van der Waals surface area (Å²) < 4.78 is 11.1. The van der Waals surface area contributed by atoms with Gasteiger partial charge in [-0.15, -0.1) is 0 Å². The summed E-state index contributed by atoms with van der Waals surface area (Å²) in [6.07, 6.45) is 6.09. The Morgan fingerprint density at radius 2 is 2.04 bits per heavy atom. The lowest BCUT2D eigenvalue weighted by molar-refractivity contribution is -0.138. The van der Waals surface area contributed by atoms with Crippen LogP contribution in [-0.4, -0.2) is 60.0 Å². The topological polar surface area (TPSA) is 67.5 Å². The van der Waals surface area contributed by atoms with Crippen molar-refractivity contribution in [2.45, 2.75) is 37.7 Å². The van der Waals surface area contributed by atoms with Crippen molar-refractivity contribution in [2.75, 3.05) is 32.9 Å². The molecule has 2 fully saturated rings. The Bertz CT molecular complexity index is 732. The van der Waals surface area contributed by atoms with Crippen LogP contribution >= 0.6 is 0 Å². The molecule has 1 N–H and O–H groups in total. The molecule has 1 aromatic heterocycles. The first kappa shape index (κ1) is 18.2. The molecule has 2 aliphatic heterocycles. The molecule has 6 nitrogen and oxygen atoms in total. The number of H-pyrrole nitrogens is 1. The number of nitrogens with zero attached hydrogens (tertiary/aromatic N) is 2. The minimum atomic E-state index is 0.0827. The number of benzene rings is 1. The summed E-state index contributed by atoms with van der Waals surface area (Å²) >= 11 is 0. The Morgan fingerprint density at radius 1 is 1.22 bits per heavy atom. The standard InChI is InChI=1S/C21H27N3O3/c25-20(15-26-14-18-7-4-12-27-18)24-10-8-17(9-11-24)21-19(13-22-23-21)16-5-2-1-3-6-16/h1-3,5-6,13,17-18H,4,7-12,14-15H2,(H,22,23)/t18-/m0/s1. The van der Waals surface area contributed by atoms with Crippen LogP contribution in [-0.2, 0) is 14.3 Å². The first-order valence-electron chi connectivity index (χ1n) is 9.87. The van der Waals surface area contributed by atoms with Crippen LogP contribution < -0.4 is 0 Å². The third-order valence-electron chi connectivity index (χ3n) is 5.56. The van der Waals surface area contributed by atoms with Crippen LogP contribution in [0.3, 0.4) is 0 Å². The maximum Gasteiger partial charge on any atom is 0.248 e. The molecule has 2 aliphatic rings. The zero-order chi connectivity index (χ0) is 18.5. The van der Waals surface area contributed by atoms with E-state index < -0.39 is 0 Å². The van der Waals surface area contributed by atoms with Crippen molar-refractivity contribution in [1.82, 2.24) is 15.1 Å². The summed E-state index contributed by atoms with van der Waals surface area (Å²) in [5, 5.41) is 7.46. The van der Waals surface area contributed by atoms with Gasteiger partial charge in [0, 0.05) is 36.9 Å². The van der Waals surface area contributed by atoms with Gasteiger partial charge in [0.2, 0.25) is 5.91 Å². The highest BCUT2D eigenvalue weighted by Gasteiger charge is 2.27. The highest BCUT2D eigenvalue weighted by molar-refractivity contribution is 5.77. The molecule has 0 saturated carbocycles. The van der Waals surface area contributed by atoms with Crippen molar-refractivity contribution in [1.29, 1.82) is 0 Å². The maximum atomic E-state index is 12.4. The lowest BCUT2D eigenvalue weighted by atomic mass is 9.89. The van der Waals surface area contributed by atoms with Crippen molar-refractivity contribution >= 4 is 5.91 Å². The molecule has 2 aromatic rings. The molecule has 1 atom stereocenters. The molecule has 27 heavy (non-hydrogen) atoms. The second-order valence-corrected chi connectivity index (χ2v) is 7.37. The third kappa shape index (κ3) is 4.39. The number of hydrogen-bond acceptors (Lipinski definition) is 4. The number of ether oxygens (including phenoxy) is 2. The van der Waals surface area contributed by atoms with Gasteiger partial charge in [0.1, 0.15) is 6.61 Å². The number of carbonyl (C=O) groups is 1. The Labute approximate surface area is 159 Å². The zero-order valence-corrected chi connectivity index (χ0v) is 15.6. The van der Waals surface area contributed by atoms with E-state index in [-0.39, 0.29) is 18.6 Å². The zero-order valence-electron chi connectivity index (χ0n) is 15.6. The first-order chi connectivity index (χ1) is 13.3. The van der Waals surface area contributed by atoms with Gasteiger partial charge in [0.25, 0.3) is 0 Å². The monoisotopic (exact) mass is 369 g/mol. The molecule has 0 radical (unpaired) electrons. The number of likely N-dealkylation sites (tertiary alicyclic amines) is 1. The molecule has 0 spiro atoms. The van der Waals surface area contributed by atoms with Crippen molar-refractivity contribution in [3.8, 4) is 11.1 Å². The highest BCUT2D eigenvalue weighted by atomic mass is 16.5. The number of piperidine rings is 1. The van der Waals surface area contributed by atoms with Gasteiger partial charge < -0.3 is 14.4 Å². The average Bonchev–Trinajstić information content (AvgIpc) is 3.41. The lowest BCUT2D eigenvalue weighted by Gasteiger charge is -2.32. The van der Waals surface area contributed by atoms with Gasteiger partial charge in [-0.05, 0) is 31.2 Å². The van der Waals surface area contributed by atoms with E-state index in [1.165, 1.54) is 16.8 Å². The Kier molecular flexibility index (Phi) is 5.84. The van der Waals surface area contributed by atoms with Crippen LogP contribution in [0.5, 0.6) is 0 Å². The molecule has 0 bridgehead atoms. The molecular weight excluding hydrogens is 342 g/mol. The van der Waals surface area contributed by atoms with E-state index in [0.29, 0.717) is 12.5 Å². The van der Waals surface area contributed by atoms with E-state index in [2.05, 4.69) is 22.3 Å². The normalized spacial score (nSPS) is 20.9. The van der Waals surface area contributed by atoms with Crippen molar-refractivity contribution in [3.63, 3.8) is 0 Å². The molecule has 1 aromatic carbocycles.